The number of nitrogens with zero attached hydrogens (tertiary/aromatic N) is 2. The van der Waals surface area contributed by atoms with E-state index in [0.29, 0.717) is 30.1 Å². The monoisotopic (exact) mass is 293 g/mol. The van der Waals surface area contributed by atoms with E-state index in [1.165, 1.54) is 19.2 Å². The molecule has 4 nitrogen and oxygen atoms in total. The van der Waals surface area contributed by atoms with Gasteiger partial charge in [0.25, 0.3) is 0 Å². The molecule has 0 aliphatic rings. The Morgan fingerprint density at radius 1 is 1.14 bits per heavy atom. The van der Waals surface area contributed by atoms with Crippen LogP contribution in [-0.4, -0.2) is 23.9 Å². The second-order valence-electron chi connectivity index (χ2n) is 4.59. The largest absolute Gasteiger partial charge is 0.480 e. The Morgan fingerprint density at radius 2 is 1.86 bits per heavy atom. The van der Waals surface area contributed by atoms with Crippen molar-refractivity contribution in [2.24, 2.45) is 0 Å². The highest BCUT2D eigenvalue weighted by molar-refractivity contribution is 5.22. The summed E-state index contributed by atoms with van der Waals surface area (Å²) in [5.41, 5.74) is 1.26. The number of ether oxygens (including phenoxy) is 1. The molecule has 0 spiro atoms. The van der Waals surface area contributed by atoms with E-state index in [-0.39, 0.29) is 6.04 Å². The second kappa shape index (κ2) is 7.08. The average Bonchev–Trinajstić information content (AvgIpc) is 2.46. The van der Waals surface area contributed by atoms with Gasteiger partial charge in [0.15, 0.2) is 0 Å². The molecule has 0 saturated heterocycles. The molecule has 1 N–H and O–H groups in total. The molecule has 1 aromatic heterocycles. The van der Waals surface area contributed by atoms with Crippen molar-refractivity contribution in [3.8, 4) is 5.88 Å². The van der Waals surface area contributed by atoms with Gasteiger partial charge in [-0.25, -0.2) is 8.78 Å². The van der Waals surface area contributed by atoms with Gasteiger partial charge in [0.1, 0.15) is 11.6 Å². The molecule has 1 atom stereocenters. The zero-order valence-corrected chi connectivity index (χ0v) is 11.9. The number of rotatable bonds is 6. The molecule has 0 bridgehead atoms. The molecule has 0 aliphatic carbocycles. The highest BCUT2D eigenvalue weighted by atomic mass is 19.1. The molecule has 0 aliphatic heterocycles. The van der Waals surface area contributed by atoms with Crippen molar-refractivity contribution in [1.29, 1.82) is 0 Å². The first kappa shape index (κ1) is 15.3. The lowest BCUT2D eigenvalue weighted by molar-refractivity contribution is 0.389. The summed E-state index contributed by atoms with van der Waals surface area (Å²) in [6.07, 6.45) is 0.420. The minimum atomic E-state index is -0.582. The van der Waals surface area contributed by atoms with Crippen LogP contribution in [-0.2, 0) is 6.42 Å². The Kier molecular flexibility index (Phi) is 5.16. The van der Waals surface area contributed by atoms with Crippen LogP contribution in [0.15, 0.2) is 30.3 Å². The number of halogens is 2. The van der Waals surface area contributed by atoms with E-state index in [4.69, 9.17) is 4.74 Å². The van der Waals surface area contributed by atoms with E-state index >= 15 is 0 Å². The summed E-state index contributed by atoms with van der Waals surface area (Å²) < 4.78 is 31.5. The third kappa shape index (κ3) is 4.19. The summed E-state index contributed by atoms with van der Waals surface area (Å²) in [6, 6.07) is 6.83. The maximum absolute atomic E-state index is 13.3. The third-order valence-corrected chi connectivity index (χ3v) is 3.04. The van der Waals surface area contributed by atoms with Gasteiger partial charge in [-0.3, -0.25) is 0 Å². The molecule has 0 fully saturated rings. The summed E-state index contributed by atoms with van der Waals surface area (Å²) in [5.74, 6) is -0.743. The van der Waals surface area contributed by atoms with Gasteiger partial charge in [0, 0.05) is 12.1 Å². The van der Waals surface area contributed by atoms with Crippen molar-refractivity contribution in [3.05, 3.63) is 53.2 Å². The molecule has 1 aromatic carbocycles. The number of aromatic nitrogens is 2. The maximum atomic E-state index is 13.3. The normalized spacial score (nSPS) is 12.2. The maximum Gasteiger partial charge on any atom is 0.233 e. The number of hydrogen-bond donors (Lipinski definition) is 1. The minimum absolute atomic E-state index is 0.172. The van der Waals surface area contributed by atoms with Gasteiger partial charge >= 0.3 is 0 Å². The summed E-state index contributed by atoms with van der Waals surface area (Å²) in [7, 11) is 1.51. The molecule has 2 aromatic rings. The number of nitrogens with one attached hydrogen (secondary N) is 1. The van der Waals surface area contributed by atoms with Crippen LogP contribution >= 0.6 is 0 Å². The second-order valence-corrected chi connectivity index (χ2v) is 4.59. The van der Waals surface area contributed by atoms with Crippen LogP contribution in [0.1, 0.15) is 24.2 Å². The lowest BCUT2D eigenvalue weighted by Gasteiger charge is -2.17. The van der Waals surface area contributed by atoms with Gasteiger partial charge in [-0.1, -0.05) is 6.92 Å². The molecule has 0 amide bonds. The first-order chi connectivity index (χ1) is 10.1. The Bertz CT molecular complexity index is 570. The van der Waals surface area contributed by atoms with Gasteiger partial charge in [-0.15, -0.1) is 5.10 Å². The van der Waals surface area contributed by atoms with Gasteiger partial charge in [-0.2, -0.15) is 5.10 Å². The first-order valence-corrected chi connectivity index (χ1v) is 6.68. The van der Waals surface area contributed by atoms with E-state index in [0.717, 1.165) is 6.07 Å². The zero-order valence-electron chi connectivity index (χ0n) is 11.9. The van der Waals surface area contributed by atoms with Gasteiger partial charge in [0.05, 0.1) is 18.8 Å². The van der Waals surface area contributed by atoms with Crippen molar-refractivity contribution in [3.63, 3.8) is 0 Å². The molecular weight excluding hydrogens is 276 g/mol. The number of likely N-dealkylation sites (N-methyl/N-ethyl adjacent to an activating group) is 1. The van der Waals surface area contributed by atoms with Crippen LogP contribution in [0.5, 0.6) is 5.88 Å². The van der Waals surface area contributed by atoms with E-state index in [2.05, 4.69) is 15.5 Å². The molecule has 112 valence electrons. The average molecular weight is 293 g/mol. The predicted octanol–water partition coefficient (Wildman–Crippen LogP) is 2.66. The number of benzene rings is 1. The van der Waals surface area contributed by atoms with Gasteiger partial charge in [-0.05, 0) is 36.7 Å². The van der Waals surface area contributed by atoms with Crippen molar-refractivity contribution < 1.29 is 13.5 Å². The minimum Gasteiger partial charge on any atom is -0.480 e. The molecular formula is C15H17F2N3O. The molecule has 2 rings (SSSR count). The lowest BCUT2D eigenvalue weighted by Crippen LogP contribution is -2.24. The van der Waals surface area contributed by atoms with Crippen LogP contribution < -0.4 is 10.1 Å². The molecule has 0 radical (unpaired) electrons. The fourth-order valence-electron chi connectivity index (χ4n) is 2.12. The smallest absolute Gasteiger partial charge is 0.233 e. The van der Waals surface area contributed by atoms with Crippen LogP contribution in [0.3, 0.4) is 0 Å². The van der Waals surface area contributed by atoms with Crippen molar-refractivity contribution in [2.75, 3.05) is 13.7 Å². The number of methoxy groups -OCH3 is 1. The topological polar surface area (TPSA) is 47.0 Å². The fraction of sp³-hybridized carbons (Fsp3) is 0.333. The number of hydrogen-bond acceptors (Lipinski definition) is 4. The van der Waals surface area contributed by atoms with Gasteiger partial charge in [0.2, 0.25) is 5.88 Å². The Hall–Kier alpha value is -2.08. The summed E-state index contributed by atoms with van der Waals surface area (Å²) in [5, 5.41) is 11.2. The molecule has 1 heterocycles. The Morgan fingerprint density at radius 3 is 2.38 bits per heavy atom. The molecule has 6 heteroatoms. The van der Waals surface area contributed by atoms with Crippen molar-refractivity contribution >= 4 is 0 Å². The Balaban J connectivity index is 2.21. The van der Waals surface area contributed by atoms with E-state index in [9.17, 15) is 8.78 Å². The highest BCUT2D eigenvalue weighted by Gasteiger charge is 2.14. The van der Waals surface area contributed by atoms with E-state index in [1.54, 1.807) is 12.1 Å². The van der Waals surface area contributed by atoms with Gasteiger partial charge < -0.3 is 10.1 Å². The van der Waals surface area contributed by atoms with Crippen LogP contribution in [0.25, 0.3) is 0 Å². The fourth-order valence-corrected chi connectivity index (χ4v) is 2.12. The zero-order chi connectivity index (χ0) is 15.2. The summed E-state index contributed by atoms with van der Waals surface area (Å²) >= 11 is 0. The Labute approximate surface area is 122 Å². The SMILES string of the molecule is CCNC(Cc1cc(F)cc(F)c1)c1ccc(OC)nn1. The first-order valence-electron chi connectivity index (χ1n) is 6.68. The molecule has 0 saturated carbocycles. The third-order valence-electron chi connectivity index (χ3n) is 3.04. The van der Waals surface area contributed by atoms with Crippen molar-refractivity contribution in [2.45, 2.75) is 19.4 Å². The summed E-state index contributed by atoms with van der Waals surface area (Å²) in [4.78, 5) is 0. The molecule has 21 heavy (non-hydrogen) atoms. The van der Waals surface area contributed by atoms with Crippen LogP contribution in [0.2, 0.25) is 0 Å². The lowest BCUT2D eigenvalue weighted by atomic mass is 10.0. The van der Waals surface area contributed by atoms with Crippen molar-refractivity contribution in [1.82, 2.24) is 15.5 Å². The van der Waals surface area contributed by atoms with Crippen LogP contribution in [0, 0.1) is 11.6 Å². The van der Waals surface area contributed by atoms with E-state index < -0.39 is 11.6 Å². The molecule has 1 unspecified atom stereocenters. The van der Waals surface area contributed by atoms with E-state index in [1.807, 2.05) is 6.92 Å². The summed E-state index contributed by atoms with van der Waals surface area (Å²) in [6.45, 7) is 2.66. The van der Waals surface area contributed by atoms with Crippen LogP contribution in [0.4, 0.5) is 8.78 Å². The predicted molar refractivity (Wildman–Crippen MR) is 75.1 cm³/mol. The highest BCUT2D eigenvalue weighted by Crippen LogP contribution is 2.19. The quantitative estimate of drug-likeness (QED) is 0.889. The standard InChI is InChI=1S/C15H17F2N3O/c1-3-18-14(13-4-5-15(21-2)20-19-13)8-10-6-11(16)9-12(17)7-10/h4-7,9,14,18H,3,8H2,1-2H3.